The van der Waals surface area contributed by atoms with Gasteiger partial charge in [-0.15, -0.1) is 0 Å². The lowest BCUT2D eigenvalue weighted by Crippen LogP contribution is -2.49. The van der Waals surface area contributed by atoms with Crippen LogP contribution in [0.3, 0.4) is 0 Å². The van der Waals surface area contributed by atoms with E-state index < -0.39 is 15.6 Å². The molecule has 0 saturated carbocycles. The number of para-hydroxylation sites is 2. The highest BCUT2D eigenvalue weighted by Crippen LogP contribution is 2.37. The summed E-state index contributed by atoms with van der Waals surface area (Å²) in [7, 11) is -0.576. The van der Waals surface area contributed by atoms with Crippen LogP contribution in [0, 0.1) is 0 Å². The maximum Gasteiger partial charge on any atom is 0.258 e. The molecular formula is C19H22N2O4S. The number of hydrogen-bond donors (Lipinski definition) is 0. The second kappa shape index (κ2) is 6.41. The normalized spacial score (nSPS) is 16.1. The highest BCUT2D eigenvalue weighted by atomic mass is 32.2. The molecular weight excluding hydrogens is 352 g/mol. The first-order valence-electron chi connectivity index (χ1n) is 8.24. The number of hydrogen-bond acceptors (Lipinski definition) is 4. The molecule has 0 bridgehead atoms. The zero-order chi connectivity index (χ0) is 19.1. The molecule has 2 aromatic rings. The summed E-state index contributed by atoms with van der Waals surface area (Å²) in [5.74, 6) is 0.464. The summed E-state index contributed by atoms with van der Waals surface area (Å²) in [6, 6.07) is 13.4. The Kier molecular flexibility index (Phi) is 4.54. The Morgan fingerprint density at radius 1 is 1.08 bits per heavy atom. The molecule has 7 heteroatoms. The Balaban J connectivity index is 1.95. The molecule has 0 radical (unpaired) electrons. The molecule has 0 saturated heterocycles. The van der Waals surface area contributed by atoms with Crippen molar-refractivity contribution in [2.24, 2.45) is 0 Å². The van der Waals surface area contributed by atoms with Crippen molar-refractivity contribution in [3.05, 3.63) is 54.1 Å². The zero-order valence-electron chi connectivity index (χ0n) is 15.3. The van der Waals surface area contributed by atoms with Crippen LogP contribution in [0.25, 0.3) is 0 Å². The van der Waals surface area contributed by atoms with Gasteiger partial charge in [0.1, 0.15) is 11.4 Å². The molecule has 26 heavy (non-hydrogen) atoms. The third kappa shape index (κ3) is 3.32. The maximum atomic E-state index is 13.1. The molecule has 0 spiro atoms. The Bertz CT molecular complexity index is 934. The molecule has 0 atom stereocenters. The smallest absolute Gasteiger partial charge is 0.258 e. The number of nitrogens with zero attached hydrogens (tertiary/aromatic N) is 2. The van der Waals surface area contributed by atoms with Crippen molar-refractivity contribution in [3.8, 4) is 5.75 Å². The van der Waals surface area contributed by atoms with Gasteiger partial charge in [0.2, 0.25) is 10.0 Å². The topological polar surface area (TPSA) is 66.9 Å². The van der Waals surface area contributed by atoms with E-state index in [0.717, 1.165) is 4.31 Å². The number of sulfonamides is 1. The minimum atomic E-state index is -3.52. The number of rotatable bonds is 3. The van der Waals surface area contributed by atoms with E-state index in [9.17, 15) is 13.2 Å². The van der Waals surface area contributed by atoms with Crippen molar-refractivity contribution < 1.29 is 17.9 Å². The Morgan fingerprint density at radius 3 is 2.31 bits per heavy atom. The van der Waals surface area contributed by atoms with Gasteiger partial charge < -0.3 is 9.64 Å². The molecule has 0 fully saturated rings. The quantitative estimate of drug-likeness (QED) is 0.829. The molecule has 1 heterocycles. The molecule has 0 aromatic heterocycles. The van der Waals surface area contributed by atoms with Crippen LogP contribution >= 0.6 is 0 Å². The summed E-state index contributed by atoms with van der Waals surface area (Å²) in [5.41, 5.74) is 0.620. The summed E-state index contributed by atoms with van der Waals surface area (Å²) >= 11 is 0. The largest absolute Gasteiger partial charge is 0.484 e. The van der Waals surface area contributed by atoms with Gasteiger partial charge in [-0.1, -0.05) is 12.1 Å². The summed E-state index contributed by atoms with van der Waals surface area (Å²) in [6.07, 6.45) is 0. The van der Waals surface area contributed by atoms with Gasteiger partial charge in [-0.25, -0.2) is 12.7 Å². The SMILES string of the molecule is CN(C)S(=O)(=O)c1ccc(C(=O)N2CC(C)(C)Oc3ccccc32)cc1. The van der Waals surface area contributed by atoms with E-state index in [0.29, 0.717) is 23.5 Å². The minimum Gasteiger partial charge on any atom is -0.484 e. The van der Waals surface area contributed by atoms with Crippen LogP contribution in [-0.4, -0.2) is 44.9 Å². The lowest BCUT2D eigenvalue weighted by molar-refractivity contribution is 0.0837. The number of carbonyl (C=O) groups is 1. The first kappa shape index (κ1) is 18.4. The second-order valence-electron chi connectivity index (χ2n) is 7.03. The molecule has 3 rings (SSSR count). The zero-order valence-corrected chi connectivity index (χ0v) is 16.1. The van der Waals surface area contributed by atoms with Gasteiger partial charge in [0, 0.05) is 19.7 Å². The molecule has 6 nitrogen and oxygen atoms in total. The molecule has 2 aromatic carbocycles. The van der Waals surface area contributed by atoms with Gasteiger partial charge in [0.15, 0.2) is 0 Å². The van der Waals surface area contributed by atoms with Gasteiger partial charge in [-0.05, 0) is 50.2 Å². The predicted octanol–water partition coefficient (Wildman–Crippen LogP) is 2.75. The van der Waals surface area contributed by atoms with Crippen molar-refractivity contribution in [2.45, 2.75) is 24.3 Å². The van der Waals surface area contributed by atoms with E-state index in [1.165, 1.54) is 26.2 Å². The molecule has 1 aliphatic rings. The molecule has 0 N–H and O–H groups in total. The highest BCUT2D eigenvalue weighted by Gasteiger charge is 2.35. The fraction of sp³-hybridized carbons (Fsp3) is 0.316. The Hall–Kier alpha value is -2.38. The van der Waals surface area contributed by atoms with Gasteiger partial charge >= 0.3 is 0 Å². The number of ether oxygens (including phenoxy) is 1. The Labute approximate surface area is 154 Å². The fourth-order valence-electron chi connectivity index (χ4n) is 2.88. The van der Waals surface area contributed by atoms with Crippen molar-refractivity contribution >= 4 is 21.6 Å². The standard InChI is InChI=1S/C19H22N2O4S/c1-19(2)13-21(16-7-5-6-8-17(16)25-19)18(22)14-9-11-15(12-10-14)26(23,24)20(3)4/h5-12H,13H2,1-4H3. The van der Waals surface area contributed by atoms with E-state index in [4.69, 9.17) is 4.74 Å². The third-order valence-electron chi connectivity index (χ3n) is 4.21. The second-order valence-corrected chi connectivity index (χ2v) is 9.18. The fourth-order valence-corrected chi connectivity index (χ4v) is 3.78. The van der Waals surface area contributed by atoms with Crippen LogP contribution in [0.1, 0.15) is 24.2 Å². The van der Waals surface area contributed by atoms with Crippen LogP contribution < -0.4 is 9.64 Å². The lowest BCUT2D eigenvalue weighted by Gasteiger charge is -2.39. The van der Waals surface area contributed by atoms with E-state index >= 15 is 0 Å². The van der Waals surface area contributed by atoms with Gasteiger partial charge in [-0.2, -0.15) is 0 Å². The predicted molar refractivity (Wildman–Crippen MR) is 100 cm³/mol. The van der Waals surface area contributed by atoms with Gasteiger partial charge in [0.25, 0.3) is 5.91 Å². The first-order valence-corrected chi connectivity index (χ1v) is 9.68. The molecule has 138 valence electrons. The van der Waals surface area contributed by atoms with Crippen molar-refractivity contribution in [1.82, 2.24) is 4.31 Å². The number of amides is 1. The maximum absolute atomic E-state index is 13.1. The molecule has 0 unspecified atom stereocenters. The Morgan fingerprint density at radius 2 is 1.69 bits per heavy atom. The summed E-state index contributed by atoms with van der Waals surface area (Å²) in [5, 5.41) is 0. The van der Waals surface area contributed by atoms with Gasteiger partial charge in [0.05, 0.1) is 17.1 Å². The van der Waals surface area contributed by atoms with E-state index in [-0.39, 0.29) is 10.8 Å². The molecule has 1 amide bonds. The lowest BCUT2D eigenvalue weighted by atomic mass is 10.0. The summed E-state index contributed by atoms with van der Waals surface area (Å²) < 4.78 is 31.4. The van der Waals surface area contributed by atoms with E-state index in [2.05, 4.69) is 0 Å². The van der Waals surface area contributed by atoms with Gasteiger partial charge in [-0.3, -0.25) is 4.79 Å². The summed E-state index contributed by atoms with van der Waals surface area (Å²) in [6.45, 7) is 4.26. The van der Waals surface area contributed by atoms with Crippen LogP contribution in [0.5, 0.6) is 5.75 Å². The van der Waals surface area contributed by atoms with Crippen LogP contribution in [0.2, 0.25) is 0 Å². The van der Waals surface area contributed by atoms with Crippen molar-refractivity contribution in [3.63, 3.8) is 0 Å². The van der Waals surface area contributed by atoms with E-state index in [1.807, 2.05) is 38.1 Å². The highest BCUT2D eigenvalue weighted by molar-refractivity contribution is 7.89. The number of benzene rings is 2. The number of anilines is 1. The molecule has 1 aliphatic heterocycles. The monoisotopic (exact) mass is 374 g/mol. The van der Waals surface area contributed by atoms with Crippen molar-refractivity contribution in [2.75, 3.05) is 25.5 Å². The average molecular weight is 374 g/mol. The van der Waals surface area contributed by atoms with E-state index in [1.54, 1.807) is 17.0 Å². The number of fused-ring (bicyclic) bond motifs is 1. The number of carbonyl (C=O) groups excluding carboxylic acids is 1. The van der Waals surface area contributed by atoms with Crippen molar-refractivity contribution in [1.29, 1.82) is 0 Å². The first-order chi connectivity index (χ1) is 12.1. The minimum absolute atomic E-state index is 0.154. The van der Waals surface area contributed by atoms with Crippen LogP contribution in [-0.2, 0) is 10.0 Å². The van der Waals surface area contributed by atoms with Crippen LogP contribution in [0.4, 0.5) is 5.69 Å². The molecule has 0 aliphatic carbocycles. The summed E-state index contributed by atoms with van der Waals surface area (Å²) in [4.78, 5) is 14.9. The average Bonchev–Trinajstić information content (AvgIpc) is 2.59. The van der Waals surface area contributed by atoms with Crippen LogP contribution in [0.15, 0.2) is 53.4 Å². The third-order valence-corrected chi connectivity index (χ3v) is 6.04.